The minimum atomic E-state index is -0.140. The molecule has 0 N–H and O–H groups in total. The van der Waals surface area contributed by atoms with Gasteiger partial charge in [0.25, 0.3) is 0 Å². The second-order valence-corrected chi connectivity index (χ2v) is 15.7. The van der Waals surface area contributed by atoms with Crippen molar-refractivity contribution in [2.75, 3.05) is 165 Å². The Morgan fingerprint density at radius 3 is 0.667 bits per heavy atom. The Bertz CT molecular complexity index is 827. The van der Waals surface area contributed by atoms with Crippen molar-refractivity contribution < 1.29 is 66.4 Å². The summed E-state index contributed by atoms with van der Waals surface area (Å²) < 4.78 is 71.6. The Kier molecular flexibility index (Phi) is 58.1. The summed E-state index contributed by atoms with van der Waals surface area (Å²) >= 11 is 0. The van der Waals surface area contributed by atoms with Crippen LogP contribution in [0.1, 0.15) is 149 Å². The summed E-state index contributed by atoms with van der Waals surface area (Å²) in [7, 11) is 0. The van der Waals surface area contributed by atoms with Crippen molar-refractivity contribution in [3.8, 4) is 0 Å². The van der Waals surface area contributed by atoms with Gasteiger partial charge in [-0.3, -0.25) is 4.79 Å². The average Bonchev–Trinajstić information content (AvgIpc) is 3.29. The van der Waals surface area contributed by atoms with E-state index in [9.17, 15) is 4.79 Å². The lowest BCUT2D eigenvalue weighted by Gasteiger charge is -2.09. The molecule has 0 aromatic heterocycles. The van der Waals surface area contributed by atoms with Crippen molar-refractivity contribution in [3.63, 3.8) is 0 Å². The van der Waals surface area contributed by atoms with E-state index in [2.05, 4.69) is 13.8 Å². The Balaban J connectivity index is 3.09. The summed E-state index contributed by atoms with van der Waals surface area (Å²) in [4.78, 5) is 11.7. The lowest BCUT2D eigenvalue weighted by molar-refractivity contribution is -0.145. The lowest BCUT2D eigenvalue weighted by atomic mass is 10.0. The van der Waals surface area contributed by atoms with Crippen LogP contribution in [0.4, 0.5) is 0 Å². The number of hydrogen-bond acceptors (Lipinski definition) is 14. The first-order valence-corrected chi connectivity index (χ1v) is 25.4. The monoisotopic (exact) mass is 911 g/mol. The Morgan fingerprint density at radius 1 is 0.222 bits per heavy atom. The van der Waals surface area contributed by atoms with Gasteiger partial charge in [-0.2, -0.15) is 0 Å². The second kappa shape index (κ2) is 59.0. The molecule has 0 atom stereocenters. The summed E-state index contributed by atoms with van der Waals surface area (Å²) in [5.41, 5.74) is 0. The third-order valence-electron chi connectivity index (χ3n) is 9.96. The smallest absolute Gasteiger partial charge is 0.305 e. The lowest BCUT2D eigenvalue weighted by Crippen LogP contribution is -2.15. The maximum Gasteiger partial charge on any atom is 0.305 e. The van der Waals surface area contributed by atoms with Gasteiger partial charge in [-0.05, 0) is 12.8 Å². The van der Waals surface area contributed by atoms with Crippen molar-refractivity contribution in [2.24, 2.45) is 0 Å². The van der Waals surface area contributed by atoms with Gasteiger partial charge in [0, 0.05) is 13.0 Å². The van der Waals surface area contributed by atoms with Crippen LogP contribution in [0, 0.1) is 0 Å². The van der Waals surface area contributed by atoms with E-state index in [1.165, 1.54) is 109 Å². The summed E-state index contributed by atoms with van der Waals surface area (Å²) in [5.74, 6) is -0.140. The molecule has 0 aliphatic rings. The molecule has 14 heteroatoms. The van der Waals surface area contributed by atoms with Gasteiger partial charge in [-0.25, -0.2) is 0 Å². The Morgan fingerprint density at radius 2 is 0.413 bits per heavy atom. The molecule has 14 nitrogen and oxygen atoms in total. The number of hydrogen-bond donors (Lipinski definition) is 0. The van der Waals surface area contributed by atoms with E-state index in [1.807, 2.05) is 0 Å². The fraction of sp³-hybridized carbons (Fsp3) is 0.980. The minimum absolute atomic E-state index is 0.140. The van der Waals surface area contributed by atoms with E-state index in [4.69, 9.17) is 61.6 Å². The molecule has 0 amide bonds. The van der Waals surface area contributed by atoms with E-state index in [1.54, 1.807) is 0 Å². The predicted molar refractivity (Wildman–Crippen MR) is 249 cm³/mol. The summed E-state index contributed by atoms with van der Waals surface area (Å²) in [6.07, 6.45) is 26.5. The van der Waals surface area contributed by atoms with Crippen molar-refractivity contribution >= 4 is 5.97 Å². The highest BCUT2D eigenvalue weighted by Gasteiger charge is 2.03. The molecule has 0 aromatic rings. The number of carbonyl (C=O) groups excluding carboxylic acids is 1. The minimum Gasteiger partial charge on any atom is -0.463 e. The topological polar surface area (TPSA) is 137 Å². The van der Waals surface area contributed by atoms with Crippen LogP contribution < -0.4 is 0 Å². The molecule has 0 saturated carbocycles. The fourth-order valence-corrected chi connectivity index (χ4v) is 6.26. The standard InChI is InChI=1S/C49H98O14/c1-3-5-7-9-11-12-13-14-15-16-18-20-22-24-51-25-26-52-27-28-53-29-30-54-31-32-55-33-34-56-35-36-57-37-38-58-39-40-59-41-42-60-43-44-61-45-46-62-47-48-63-49(50)23-21-19-17-10-8-6-4-2/h3-48H2,1-2H3. The van der Waals surface area contributed by atoms with Crippen LogP contribution in [0.5, 0.6) is 0 Å². The second-order valence-electron chi connectivity index (χ2n) is 15.7. The molecule has 0 saturated heterocycles. The molecule has 0 rings (SSSR count). The molecule has 0 unspecified atom stereocenters. The van der Waals surface area contributed by atoms with E-state index < -0.39 is 0 Å². The molecular weight excluding hydrogens is 813 g/mol. The van der Waals surface area contributed by atoms with Crippen molar-refractivity contribution in [3.05, 3.63) is 0 Å². The van der Waals surface area contributed by atoms with Crippen LogP contribution >= 0.6 is 0 Å². The number of unbranched alkanes of at least 4 members (excludes halogenated alkanes) is 18. The zero-order chi connectivity index (χ0) is 45.3. The number of esters is 1. The first-order valence-electron chi connectivity index (χ1n) is 25.4. The van der Waals surface area contributed by atoms with Gasteiger partial charge in [0.05, 0.1) is 152 Å². The first-order chi connectivity index (χ1) is 31.3. The largest absolute Gasteiger partial charge is 0.463 e. The predicted octanol–water partition coefficient (Wildman–Crippen LogP) is 8.96. The van der Waals surface area contributed by atoms with Crippen LogP contribution in [0.2, 0.25) is 0 Å². The number of carbonyl (C=O) groups is 1. The normalized spacial score (nSPS) is 11.6. The highest BCUT2D eigenvalue weighted by molar-refractivity contribution is 5.69. The van der Waals surface area contributed by atoms with Gasteiger partial charge in [0.2, 0.25) is 0 Å². The maximum absolute atomic E-state index is 11.7. The van der Waals surface area contributed by atoms with Crippen LogP contribution in [0.25, 0.3) is 0 Å². The fourth-order valence-electron chi connectivity index (χ4n) is 6.26. The SMILES string of the molecule is CCCCCCCCCCCCCCCOCCOCCOCCOCCOCCOCCOCCOCCOCCOCCOCCOCCOC(=O)CCCCCCCCC. The molecule has 0 spiro atoms. The highest BCUT2D eigenvalue weighted by atomic mass is 16.6. The molecular formula is C49H98O14. The Labute approximate surface area is 385 Å². The van der Waals surface area contributed by atoms with Gasteiger partial charge in [0.15, 0.2) is 0 Å². The maximum atomic E-state index is 11.7. The van der Waals surface area contributed by atoms with Gasteiger partial charge in [-0.1, -0.05) is 129 Å². The van der Waals surface area contributed by atoms with Crippen LogP contribution in [-0.4, -0.2) is 171 Å². The molecule has 0 aromatic carbocycles. The number of ether oxygens (including phenoxy) is 13. The molecule has 63 heavy (non-hydrogen) atoms. The van der Waals surface area contributed by atoms with E-state index >= 15 is 0 Å². The summed E-state index contributed by atoms with van der Waals surface area (Å²) in [6, 6.07) is 0. The number of rotatable bonds is 58. The van der Waals surface area contributed by atoms with Crippen LogP contribution in [0.3, 0.4) is 0 Å². The summed E-state index contributed by atoms with van der Waals surface area (Å²) in [6.45, 7) is 17.4. The van der Waals surface area contributed by atoms with Crippen LogP contribution in [0.15, 0.2) is 0 Å². The third-order valence-corrected chi connectivity index (χ3v) is 9.96. The average molecular weight is 911 g/mol. The van der Waals surface area contributed by atoms with E-state index in [0.717, 1.165) is 25.9 Å². The molecule has 0 radical (unpaired) electrons. The van der Waals surface area contributed by atoms with E-state index in [0.29, 0.717) is 158 Å². The molecule has 0 bridgehead atoms. The molecule has 0 heterocycles. The van der Waals surface area contributed by atoms with Crippen molar-refractivity contribution in [1.82, 2.24) is 0 Å². The highest BCUT2D eigenvalue weighted by Crippen LogP contribution is 2.13. The Hall–Kier alpha value is -1.01. The molecule has 0 aliphatic carbocycles. The van der Waals surface area contributed by atoms with Crippen molar-refractivity contribution in [2.45, 2.75) is 149 Å². The van der Waals surface area contributed by atoms with Crippen molar-refractivity contribution in [1.29, 1.82) is 0 Å². The van der Waals surface area contributed by atoms with E-state index in [-0.39, 0.29) is 12.6 Å². The third kappa shape index (κ3) is 59.0. The van der Waals surface area contributed by atoms with Crippen LogP contribution in [-0.2, 0) is 66.4 Å². The quantitative estimate of drug-likeness (QED) is 0.0424. The van der Waals surface area contributed by atoms with Gasteiger partial charge in [0.1, 0.15) is 6.61 Å². The first kappa shape index (κ1) is 62.0. The molecule has 378 valence electrons. The molecule has 0 fully saturated rings. The zero-order valence-corrected chi connectivity index (χ0v) is 40.7. The zero-order valence-electron chi connectivity index (χ0n) is 40.7. The van der Waals surface area contributed by atoms with Gasteiger partial charge in [-0.15, -0.1) is 0 Å². The molecule has 0 aliphatic heterocycles. The van der Waals surface area contributed by atoms with Gasteiger partial charge >= 0.3 is 5.97 Å². The van der Waals surface area contributed by atoms with Gasteiger partial charge < -0.3 is 61.6 Å². The summed E-state index contributed by atoms with van der Waals surface area (Å²) in [5, 5.41) is 0.